The van der Waals surface area contributed by atoms with Crippen LogP contribution in [-0.4, -0.2) is 30.1 Å². The van der Waals surface area contributed by atoms with E-state index in [0.717, 1.165) is 68.4 Å². The van der Waals surface area contributed by atoms with Crippen LogP contribution in [-0.2, 0) is 15.8 Å². The van der Waals surface area contributed by atoms with Crippen molar-refractivity contribution < 1.29 is 9.53 Å². The van der Waals surface area contributed by atoms with Gasteiger partial charge in [-0.15, -0.1) is 0 Å². The second-order valence-corrected chi connectivity index (χ2v) is 8.88. The number of hydrogen-bond donors (Lipinski definition) is 1. The van der Waals surface area contributed by atoms with Crippen molar-refractivity contribution in [2.75, 3.05) is 18.4 Å². The van der Waals surface area contributed by atoms with Gasteiger partial charge >= 0.3 is 6.09 Å². The van der Waals surface area contributed by atoms with Crippen molar-refractivity contribution in [3.63, 3.8) is 0 Å². The number of amides is 1. The minimum absolute atomic E-state index is 0.346. The highest BCUT2D eigenvalue weighted by atomic mass is 16.6. The van der Waals surface area contributed by atoms with Crippen LogP contribution in [0, 0.1) is 11.3 Å². The van der Waals surface area contributed by atoms with Gasteiger partial charge in [0.15, 0.2) is 0 Å². The molecule has 5 heteroatoms. The summed E-state index contributed by atoms with van der Waals surface area (Å²) in [5.41, 5.74) is 2.27. The van der Waals surface area contributed by atoms with Gasteiger partial charge in [0.2, 0.25) is 0 Å². The van der Waals surface area contributed by atoms with Crippen molar-refractivity contribution in [1.29, 1.82) is 5.26 Å². The molecule has 1 N–H and O–H groups in total. The van der Waals surface area contributed by atoms with E-state index in [0.29, 0.717) is 6.04 Å². The van der Waals surface area contributed by atoms with Crippen molar-refractivity contribution in [3.05, 3.63) is 65.7 Å². The summed E-state index contributed by atoms with van der Waals surface area (Å²) in [6.07, 6.45) is 5.16. The molecule has 1 spiro atoms. The molecule has 3 aliphatic rings. The highest BCUT2D eigenvalue weighted by Gasteiger charge is 2.46. The van der Waals surface area contributed by atoms with Gasteiger partial charge in [-0.25, -0.2) is 4.79 Å². The Hall–Kier alpha value is -2.84. The molecule has 5 rings (SSSR count). The maximum Gasteiger partial charge on any atom is 0.412 e. The zero-order valence-corrected chi connectivity index (χ0v) is 17.1. The normalized spacial score (nSPS) is 28.1. The molecule has 2 aliphatic heterocycles. The Bertz CT molecular complexity index is 965. The van der Waals surface area contributed by atoms with Gasteiger partial charge in [-0.05, 0) is 37.3 Å². The fourth-order valence-corrected chi connectivity index (χ4v) is 5.66. The second kappa shape index (κ2) is 7.45. The van der Waals surface area contributed by atoms with E-state index in [9.17, 15) is 10.1 Å². The van der Waals surface area contributed by atoms with Crippen LogP contribution in [0.4, 0.5) is 10.5 Å². The summed E-state index contributed by atoms with van der Waals surface area (Å²) >= 11 is 0. The molecule has 2 fully saturated rings. The number of benzene rings is 2. The van der Waals surface area contributed by atoms with Crippen LogP contribution in [0.5, 0.6) is 0 Å². The van der Waals surface area contributed by atoms with Gasteiger partial charge in [0.1, 0.15) is 5.60 Å². The summed E-state index contributed by atoms with van der Waals surface area (Å²) in [6.45, 7) is 1.83. The molecule has 0 aromatic heterocycles. The third-order valence-electron chi connectivity index (χ3n) is 7.41. The molecular weight excluding hydrogens is 374 g/mol. The van der Waals surface area contributed by atoms with Crippen LogP contribution < -0.4 is 5.32 Å². The number of carbonyl (C=O) groups excluding carboxylic acids is 1. The number of piperidine rings is 1. The average Bonchev–Trinajstić information content (AvgIpc) is 2.80. The van der Waals surface area contributed by atoms with E-state index in [1.54, 1.807) is 0 Å². The summed E-state index contributed by atoms with van der Waals surface area (Å²) in [5.74, 6) is 0. The lowest BCUT2D eigenvalue weighted by Crippen LogP contribution is -2.52. The number of likely N-dealkylation sites (tertiary alicyclic amines) is 1. The highest BCUT2D eigenvalue weighted by molar-refractivity contribution is 5.88. The largest absolute Gasteiger partial charge is 0.438 e. The molecule has 154 valence electrons. The smallest absolute Gasteiger partial charge is 0.412 e. The van der Waals surface area contributed by atoms with Crippen molar-refractivity contribution >= 4 is 11.8 Å². The second-order valence-electron chi connectivity index (χ2n) is 8.88. The first-order valence-electron chi connectivity index (χ1n) is 10.9. The number of nitrogens with zero attached hydrogens (tertiary/aromatic N) is 2. The van der Waals surface area contributed by atoms with Crippen LogP contribution in [0.2, 0.25) is 0 Å². The third kappa shape index (κ3) is 3.16. The summed E-state index contributed by atoms with van der Waals surface area (Å²) < 4.78 is 5.87. The van der Waals surface area contributed by atoms with Crippen molar-refractivity contribution in [2.24, 2.45) is 0 Å². The van der Waals surface area contributed by atoms with Crippen LogP contribution in [0.1, 0.15) is 49.7 Å². The van der Waals surface area contributed by atoms with E-state index >= 15 is 0 Å². The summed E-state index contributed by atoms with van der Waals surface area (Å²) in [4.78, 5) is 14.7. The van der Waals surface area contributed by atoms with Crippen LogP contribution in [0.25, 0.3) is 0 Å². The third-order valence-corrected chi connectivity index (χ3v) is 7.41. The molecular formula is C25H27N3O2. The fraction of sp³-hybridized carbons (Fsp3) is 0.440. The van der Waals surface area contributed by atoms with Crippen LogP contribution >= 0.6 is 0 Å². The number of rotatable bonds is 2. The first kappa shape index (κ1) is 19.1. The molecule has 0 bridgehead atoms. The quantitative estimate of drug-likeness (QED) is 0.774. The van der Waals surface area contributed by atoms with Crippen LogP contribution in [0.15, 0.2) is 54.6 Å². The van der Waals surface area contributed by atoms with Crippen LogP contribution in [0.3, 0.4) is 0 Å². The zero-order chi connectivity index (χ0) is 20.6. The Kier molecular flexibility index (Phi) is 4.75. The number of hydrogen-bond acceptors (Lipinski definition) is 4. The zero-order valence-electron chi connectivity index (χ0n) is 17.1. The van der Waals surface area contributed by atoms with E-state index in [1.165, 1.54) is 0 Å². The summed E-state index contributed by atoms with van der Waals surface area (Å²) in [6, 6.07) is 21.4. The summed E-state index contributed by atoms with van der Waals surface area (Å²) in [7, 11) is 0. The summed E-state index contributed by atoms with van der Waals surface area (Å²) in [5, 5.41) is 12.8. The molecule has 5 nitrogen and oxygen atoms in total. The Morgan fingerprint density at radius 3 is 2.33 bits per heavy atom. The molecule has 0 unspecified atom stereocenters. The topological polar surface area (TPSA) is 65.4 Å². The number of ether oxygens (including phenoxy) is 1. The Morgan fingerprint density at radius 2 is 1.63 bits per heavy atom. The highest BCUT2D eigenvalue weighted by Crippen LogP contribution is 2.45. The van der Waals surface area contributed by atoms with Gasteiger partial charge < -0.3 is 9.64 Å². The standard InChI is InChI=1S/C25H27N3O2/c26-18-24(19-6-2-1-3-7-19)12-10-20(11-13-24)28-16-14-25(15-17-28)21-8-4-5-9-22(21)27-23(29)30-25/h1-9,20H,10-17H2,(H,27,29). The number of anilines is 1. The SMILES string of the molecule is N#CC1(c2ccccc2)CCC(N2CCC3(CC2)OC(=O)Nc2ccccc23)CC1. The Morgan fingerprint density at radius 1 is 0.967 bits per heavy atom. The van der Waals surface area contributed by atoms with Gasteiger partial charge in [0.25, 0.3) is 0 Å². The molecule has 2 heterocycles. The lowest BCUT2D eigenvalue weighted by atomic mass is 9.68. The first-order chi connectivity index (χ1) is 14.6. The van der Waals surface area contributed by atoms with Gasteiger partial charge in [-0.2, -0.15) is 5.26 Å². The minimum Gasteiger partial charge on any atom is -0.438 e. The van der Waals surface area contributed by atoms with E-state index in [1.807, 2.05) is 36.4 Å². The van der Waals surface area contributed by atoms with E-state index in [-0.39, 0.29) is 11.5 Å². The molecule has 0 radical (unpaired) electrons. The van der Waals surface area contributed by atoms with Crippen molar-refractivity contribution in [2.45, 2.75) is 55.6 Å². The maximum atomic E-state index is 12.1. The van der Waals surface area contributed by atoms with Crippen molar-refractivity contribution in [1.82, 2.24) is 4.90 Å². The molecule has 1 saturated heterocycles. The molecule has 2 aromatic carbocycles. The first-order valence-corrected chi connectivity index (χ1v) is 10.9. The lowest BCUT2D eigenvalue weighted by Gasteiger charge is -2.48. The fourth-order valence-electron chi connectivity index (χ4n) is 5.66. The van der Waals surface area contributed by atoms with E-state index in [2.05, 4.69) is 34.5 Å². The number of nitriles is 1. The Balaban J connectivity index is 1.27. The molecule has 1 saturated carbocycles. The monoisotopic (exact) mass is 401 g/mol. The molecule has 30 heavy (non-hydrogen) atoms. The predicted molar refractivity (Wildman–Crippen MR) is 115 cm³/mol. The Labute approximate surface area is 177 Å². The van der Waals surface area contributed by atoms with Gasteiger partial charge in [-0.3, -0.25) is 5.32 Å². The predicted octanol–water partition coefficient (Wildman–Crippen LogP) is 4.94. The number of nitrogens with one attached hydrogen (secondary N) is 1. The molecule has 1 amide bonds. The number of fused-ring (bicyclic) bond motifs is 2. The minimum atomic E-state index is -0.509. The average molecular weight is 402 g/mol. The van der Waals surface area contributed by atoms with Crippen molar-refractivity contribution in [3.8, 4) is 6.07 Å². The van der Waals surface area contributed by atoms with Gasteiger partial charge in [0, 0.05) is 37.5 Å². The molecule has 2 aromatic rings. The molecule has 0 atom stereocenters. The van der Waals surface area contributed by atoms with Gasteiger partial charge in [0.05, 0.1) is 17.2 Å². The number of carbonyl (C=O) groups is 1. The van der Waals surface area contributed by atoms with Gasteiger partial charge in [-0.1, -0.05) is 48.5 Å². The number of para-hydroxylation sites is 1. The molecule has 1 aliphatic carbocycles. The van der Waals surface area contributed by atoms with E-state index < -0.39 is 5.60 Å². The maximum absolute atomic E-state index is 12.1. The lowest BCUT2D eigenvalue weighted by molar-refractivity contribution is -0.0497. The van der Waals surface area contributed by atoms with E-state index in [4.69, 9.17) is 4.74 Å².